The van der Waals surface area contributed by atoms with Crippen LogP contribution in [0.2, 0.25) is 0 Å². The van der Waals surface area contributed by atoms with Crippen LogP contribution in [0, 0.1) is 13.8 Å². The molecule has 160 valence electrons. The number of aromatic nitrogens is 2. The van der Waals surface area contributed by atoms with Crippen LogP contribution in [0.1, 0.15) is 34.5 Å². The molecule has 0 radical (unpaired) electrons. The quantitative estimate of drug-likeness (QED) is 0.536. The smallest absolute Gasteiger partial charge is 0.271 e. The minimum absolute atomic E-state index is 0.0878. The molecule has 1 saturated heterocycles. The number of piperidine rings is 1. The number of nitrogens with one attached hydrogen (secondary N) is 2. The summed E-state index contributed by atoms with van der Waals surface area (Å²) in [5.41, 5.74) is 3.25. The molecule has 1 unspecified atom stereocenters. The number of hydrogen-bond acceptors (Lipinski definition) is 6. The molecule has 3 aromatic rings. The van der Waals surface area contributed by atoms with Crippen LogP contribution in [-0.4, -0.2) is 34.4 Å². The van der Waals surface area contributed by atoms with Gasteiger partial charge in [-0.05, 0) is 62.1 Å². The topological polar surface area (TPSA) is 87.2 Å². The number of hydrogen-bond donors (Lipinski definition) is 2. The average molecular weight is 500 g/mol. The van der Waals surface area contributed by atoms with E-state index in [0.29, 0.717) is 23.9 Å². The number of aryl methyl sites for hydroxylation is 2. The maximum absolute atomic E-state index is 13.2. The van der Waals surface area contributed by atoms with Crippen LogP contribution in [0.25, 0.3) is 0 Å². The van der Waals surface area contributed by atoms with Gasteiger partial charge in [-0.3, -0.25) is 9.59 Å². The maximum Gasteiger partial charge on any atom is 0.271 e. The van der Waals surface area contributed by atoms with Crippen molar-refractivity contribution in [3.63, 3.8) is 0 Å². The first-order valence-electron chi connectivity index (χ1n) is 9.95. The Bertz CT molecular complexity index is 1100. The first kappa shape index (κ1) is 21.5. The summed E-state index contributed by atoms with van der Waals surface area (Å²) in [7, 11) is 0. The minimum atomic E-state index is -0.572. The molecule has 1 aliphatic heterocycles. The number of halogens is 1. The SMILES string of the molecule is Cc1cc(Br)cc(C)c1N1CCCC(NC(=O)c2csc(Nc3ccccn3)n2)C1=O. The molecular formula is C22H22BrN5O2S. The summed E-state index contributed by atoms with van der Waals surface area (Å²) in [5.74, 6) is 0.215. The molecule has 2 aromatic heterocycles. The highest BCUT2D eigenvalue weighted by atomic mass is 79.9. The Balaban J connectivity index is 1.46. The first-order chi connectivity index (χ1) is 14.9. The van der Waals surface area contributed by atoms with Crippen molar-refractivity contribution in [1.29, 1.82) is 0 Å². The van der Waals surface area contributed by atoms with Crippen LogP contribution >= 0.6 is 27.3 Å². The van der Waals surface area contributed by atoms with Gasteiger partial charge >= 0.3 is 0 Å². The number of carbonyl (C=O) groups excluding carboxylic acids is 2. The summed E-state index contributed by atoms with van der Waals surface area (Å²) in [4.78, 5) is 36.3. The second-order valence-electron chi connectivity index (χ2n) is 7.42. The van der Waals surface area contributed by atoms with Crippen molar-refractivity contribution >= 4 is 55.7 Å². The normalized spacial score (nSPS) is 16.3. The van der Waals surface area contributed by atoms with Crippen molar-refractivity contribution in [3.8, 4) is 0 Å². The lowest BCUT2D eigenvalue weighted by molar-refractivity contribution is -0.121. The van der Waals surface area contributed by atoms with Gasteiger partial charge in [0.2, 0.25) is 5.91 Å². The number of rotatable bonds is 5. The van der Waals surface area contributed by atoms with Crippen LogP contribution in [0.5, 0.6) is 0 Å². The summed E-state index contributed by atoms with van der Waals surface area (Å²) in [5, 5.41) is 8.19. The standard InChI is InChI=1S/C22H22BrN5O2S/c1-13-10-15(23)11-14(2)19(13)28-9-5-6-16(21(28)30)25-20(29)17-12-31-22(26-17)27-18-7-3-4-8-24-18/h3-4,7-8,10-12,16H,5-6,9H2,1-2H3,(H,25,29)(H,24,26,27). The van der Waals surface area contributed by atoms with Crippen LogP contribution in [0.3, 0.4) is 0 Å². The van der Waals surface area contributed by atoms with E-state index in [2.05, 4.69) is 36.5 Å². The molecule has 9 heteroatoms. The van der Waals surface area contributed by atoms with Crippen molar-refractivity contribution in [1.82, 2.24) is 15.3 Å². The first-order valence-corrected chi connectivity index (χ1v) is 11.6. The molecule has 0 bridgehead atoms. The lowest BCUT2D eigenvalue weighted by Gasteiger charge is -2.34. The summed E-state index contributed by atoms with van der Waals surface area (Å²) in [6.07, 6.45) is 3.10. The van der Waals surface area contributed by atoms with E-state index in [-0.39, 0.29) is 17.5 Å². The highest BCUT2D eigenvalue weighted by Gasteiger charge is 2.32. The van der Waals surface area contributed by atoms with E-state index in [1.54, 1.807) is 16.5 Å². The fraction of sp³-hybridized carbons (Fsp3) is 0.273. The third kappa shape index (κ3) is 4.77. The Morgan fingerprint density at radius 1 is 1.26 bits per heavy atom. The molecule has 1 atom stereocenters. The predicted octanol–water partition coefficient (Wildman–Crippen LogP) is 4.59. The molecule has 2 N–H and O–H groups in total. The zero-order chi connectivity index (χ0) is 22.0. The summed E-state index contributed by atoms with van der Waals surface area (Å²) >= 11 is 4.82. The van der Waals surface area contributed by atoms with E-state index in [4.69, 9.17) is 0 Å². The van der Waals surface area contributed by atoms with Crippen molar-refractivity contribution in [2.45, 2.75) is 32.7 Å². The lowest BCUT2D eigenvalue weighted by Crippen LogP contribution is -2.52. The van der Waals surface area contributed by atoms with Gasteiger partial charge in [-0.2, -0.15) is 0 Å². The number of benzene rings is 1. The Kier molecular flexibility index (Phi) is 6.33. The van der Waals surface area contributed by atoms with Gasteiger partial charge in [-0.1, -0.05) is 22.0 Å². The van der Waals surface area contributed by atoms with Crippen LogP contribution in [0.15, 0.2) is 46.4 Å². The molecule has 1 aromatic carbocycles. The molecule has 0 saturated carbocycles. The summed E-state index contributed by atoms with van der Waals surface area (Å²) < 4.78 is 0.985. The Hall–Kier alpha value is -2.78. The summed E-state index contributed by atoms with van der Waals surface area (Å²) in [6, 6.07) is 8.95. The second-order valence-corrected chi connectivity index (χ2v) is 9.20. The second kappa shape index (κ2) is 9.15. The van der Waals surface area contributed by atoms with Gasteiger partial charge in [0.25, 0.3) is 5.91 Å². The van der Waals surface area contributed by atoms with Gasteiger partial charge in [0.1, 0.15) is 17.6 Å². The predicted molar refractivity (Wildman–Crippen MR) is 126 cm³/mol. The Labute approximate surface area is 193 Å². The third-order valence-corrected chi connectivity index (χ3v) is 6.32. The van der Waals surface area contributed by atoms with E-state index < -0.39 is 6.04 Å². The number of amides is 2. The fourth-order valence-corrected chi connectivity index (χ4v) is 5.16. The summed E-state index contributed by atoms with van der Waals surface area (Å²) in [6.45, 7) is 4.63. The van der Waals surface area contributed by atoms with Crippen LogP contribution in [-0.2, 0) is 4.79 Å². The van der Waals surface area contributed by atoms with E-state index in [0.717, 1.165) is 27.7 Å². The highest BCUT2D eigenvalue weighted by molar-refractivity contribution is 9.10. The van der Waals surface area contributed by atoms with Gasteiger partial charge < -0.3 is 15.5 Å². The fourth-order valence-electron chi connectivity index (χ4n) is 3.77. The van der Waals surface area contributed by atoms with Gasteiger partial charge in [-0.15, -0.1) is 11.3 Å². The van der Waals surface area contributed by atoms with Crippen molar-refractivity contribution in [2.24, 2.45) is 0 Å². The van der Waals surface area contributed by atoms with E-state index in [1.165, 1.54) is 11.3 Å². The number of carbonyl (C=O) groups is 2. The molecule has 1 fully saturated rings. The van der Waals surface area contributed by atoms with Crippen molar-refractivity contribution in [2.75, 3.05) is 16.8 Å². The molecule has 0 aliphatic carbocycles. The highest BCUT2D eigenvalue weighted by Crippen LogP contribution is 2.31. The zero-order valence-electron chi connectivity index (χ0n) is 17.2. The number of anilines is 3. The third-order valence-electron chi connectivity index (χ3n) is 5.11. The molecule has 0 spiro atoms. The largest absolute Gasteiger partial charge is 0.339 e. The molecule has 31 heavy (non-hydrogen) atoms. The molecular weight excluding hydrogens is 478 g/mol. The molecule has 7 nitrogen and oxygen atoms in total. The monoisotopic (exact) mass is 499 g/mol. The van der Waals surface area contributed by atoms with Crippen molar-refractivity contribution < 1.29 is 9.59 Å². The van der Waals surface area contributed by atoms with E-state index in [1.807, 2.05) is 44.2 Å². The lowest BCUT2D eigenvalue weighted by atomic mass is 10.0. The van der Waals surface area contributed by atoms with Crippen LogP contribution in [0.4, 0.5) is 16.6 Å². The Morgan fingerprint density at radius 3 is 2.74 bits per heavy atom. The number of nitrogens with zero attached hydrogens (tertiary/aromatic N) is 3. The van der Waals surface area contributed by atoms with Crippen molar-refractivity contribution in [3.05, 3.63) is 63.2 Å². The molecule has 4 rings (SSSR count). The van der Waals surface area contributed by atoms with E-state index >= 15 is 0 Å². The Morgan fingerprint density at radius 2 is 2.03 bits per heavy atom. The van der Waals surface area contributed by atoms with Gasteiger partial charge in [0, 0.05) is 28.3 Å². The maximum atomic E-state index is 13.2. The zero-order valence-corrected chi connectivity index (χ0v) is 19.6. The number of pyridine rings is 1. The molecule has 1 aliphatic rings. The molecule has 2 amide bonds. The van der Waals surface area contributed by atoms with Gasteiger partial charge in [-0.25, -0.2) is 9.97 Å². The average Bonchev–Trinajstić information content (AvgIpc) is 3.19. The molecule has 3 heterocycles. The number of thiazole rings is 1. The van der Waals surface area contributed by atoms with Crippen LogP contribution < -0.4 is 15.5 Å². The van der Waals surface area contributed by atoms with Gasteiger partial charge in [0.05, 0.1) is 0 Å². The van der Waals surface area contributed by atoms with Gasteiger partial charge in [0.15, 0.2) is 5.13 Å². The minimum Gasteiger partial charge on any atom is -0.339 e. The van der Waals surface area contributed by atoms with E-state index in [9.17, 15) is 9.59 Å².